The lowest BCUT2D eigenvalue weighted by Gasteiger charge is -2.29. The van der Waals surface area contributed by atoms with Gasteiger partial charge in [-0.3, -0.25) is 4.84 Å². The van der Waals surface area contributed by atoms with E-state index in [2.05, 4.69) is 15.2 Å². The van der Waals surface area contributed by atoms with Gasteiger partial charge in [0.05, 0.1) is 43.3 Å². The summed E-state index contributed by atoms with van der Waals surface area (Å²) >= 11 is 18.4. The van der Waals surface area contributed by atoms with Crippen LogP contribution in [-0.2, 0) is 38.0 Å². The van der Waals surface area contributed by atoms with Crippen LogP contribution < -0.4 is 14.5 Å². The first-order chi connectivity index (χ1) is 26.2. The lowest BCUT2D eigenvalue weighted by molar-refractivity contribution is -0.186. The van der Waals surface area contributed by atoms with E-state index in [0.29, 0.717) is 56.8 Å². The molecule has 280 valence electrons. The van der Waals surface area contributed by atoms with Crippen molar-refractivity contribution in [1.82, 2.24) is 24.5 Å². The molecule has 2 aromatic heterocycles. The van der Waals surface area contributed by atoms with Gasteiger partial charge in [-0.15, -0.1) is 5.10 Å². The molecule has 54 heavy (non-hydrogen) atoms. The van der Waals surface area contributed by atoms with Gasteiger partial charge in [-0.1, -0.05) is 53.0 Å². The van der Waals surface area contributed by atoms with Crippen molar-refractivity contribution in [2.45, 2.75) is 32.0 Å². The summed E-state index contributed by atoms with van der Waals surface area (Å²) < 4.78 is 31.8. The molecule has 0 saturated carbocycles. The Bertz CT molecular complexity index is 2130. The van der Waals surface area contributed by atoms with Crippen LogP contribution in [0.1, 0.15) is 18.1 Å². The molecule has 16 heteroatoms. The number of methoxy groups -OCH3 is 1. The second-order valence-electron chi connectivity index (χ2n) is 11.7. The highest BCUT2D eigenvalue weighted by Crippen LogP contribution is 2.41. The Morgan fingerprint density at radius 2 is 1.67 bits per heavy atom. The highest BCUT2D eigenvalue weighted by Gasteiger charge is 2.44. The number of carbonyl (C=O) groups is 1. The summed E-state index contributed by atoms with van der Waals surface area (Å²) in [4.78, 5) is 21.0. The zero-order chi connectivity index (χ0) is 38.1. The van der Waals surface area contributed by atoms with Gasteiger partial charge >= 0.3 is 6.09 Å². The van der Waals surface area contributed by atoms with Crippen LogP contribution in [0, 0.1) is 0 Å². The molecule has 1 aliphatic rings. The SMILES string of the molecule is CC1COC(Cn2cncn2)(c2ccc(Oc3ccc(Cl)cc3)cc2Cl)O1.COC(=O)N(OC)c1ccccc1COc1ccn(-c2ccc(Cl)cc2)n1. The number of ether oxygens (including phenoxy) is 5. The normalized spacial score (nSPS) is 16.3. The van der Waals surface area contributed by atoms with Crippen molar-refractivity contribution in [3.8, 4) is 23.1 Å². The summed E-state index contributed by atoms with van der Waals surface area (Å²) in [6.07, 6.45) is 4.19. The fraction of sp³-hybridized carbons (Fsp3) is 0.211. The molecular weight excluding hydrogens is 759 g/mol. The lowest BCUT2D eigenvalue weighted by Crippen LogP contribution is -2.34. The summed E-state index contributed by atoms with van der Waals surface area (Å²) in [5, 5.41) is 11.4. The number of halogens is 3. The molecule has 0 aliphatic carbocycles. The predicted molar refractivity (Wildman–Crippen MR) is 202 cm³/mol. The Labute approximate surface area is 326 Å². The molecule has 1 saturated heterocycles. The van der Waals surface area contributed by atoms with Crippen molar-refractivity contribution in [1.29, 1.82) is 0 Å². The van der Waals surface area contributed by atoms with E-state index in [4.69, 9.17) is 63.3 Å². The minimum absolute atomic E-state index is 0.0606. The Balaban J connectivity index is 0.000000184. The van der Waals surface area contributed by atoms with Crippen LogP contribution in [-0.4, -0.2) is 57.6 Å². The topological polar surface area (TPSA) is 124 Å². The lowest BCUT2D eigenvalue weighted by atomic mass is 10.1. The van der Waals surface area contributed by atoms with Crippen molar-refractivity contribution in [2.75, 3.05) is 25.9 Å². The average molecular weight is 794 g/mol. The number of carbonyl (C=O) groups excluding carboxylic acids is 1. The molecule has 6 aromatic rings. The maximum absolute atomic E-state index is 11.9. The van der Waals surface area contributed by atoms with Crippen LogP contribution in [0.4, 0.5) is 10.5 Å². The van der Waals surface area contributed by atoms with Gasteiger partial charge in [-0.05, 0) is 79.7 Å². The van der Waals surface area contributed by atoms with E-state index in [9.17, 15) is 4.79 Å². The van der Waals surface area contributed by atoms with Crippen molar-refractivity contribution >= 4 is 46.6 Å². The Morgan fingerprint density at radius 3 is 2.31 bits per heavy atom. The van der Waals surface area contributed by atoms with Crippen LogP contribution in [0.25, 0.3) is 5.69 Å². The highest BCUT2D eigenvalue weighted by molar-refractivity contribution is 6.31. The molecule has 2 atom stereocenters. The maximum atomic E-state index is 11.9. The first-order valence-corrected chi connectivity index (χ1v) is 17.6. The minimum Gasteiger partial charge on any atom is -0.472 e. The van der Waals surface area contributed by atoms with Crippen molar-refractivity contribution in [3.05, 3.63) is 142 Å². The van der Waals surface area contributed by atoms with Crippen LogP contribution in [0.3, 0.4) is 0 Å². The molecule has 2 unspecified atom stereocenters. The monoisotopic (exact) mass is 792 g/mol. The van der Waals surface area contributed by atoms with Crippen molar-refractivity contribution in [3.63, 3.8) is 0 Å². The van der Waals surface area contributed by atoms with Crippen LogP contribution in [0.5, 0.6) is 17.4 Å². The third-order valence-electron chi connectivity index (χ3n) is 7.94. The average Bonchev–Trinajstić information content (AvgIpc) is 3.96. The second-order valence-corrected chi connectivity index (χ2v) is 13.0. The van der Waals surface area contributed by atoms with Gasteiger partial charge < -0.3 is 23.7 Å². The van der Waals surface area contributed by atoms with Gasteiger partial charge in [0.2, 0.25) is 11.7 Å². The van der Waals surface area contributed by atoms with Gasteiger partial charge in [-0.25, -0.2) is 19.1 Å². The molecule has 4 aromatic carbocycles. The number of nitrogens with zero attached hydrogens (tertiary/aromatic N) is 6. The Hall–Kier alpha value is -5.15. The Kier molecular flexibility index (Phi) is 12.7. The molecule has 1 fully saturated rings. The van der Waals surface area contributed by atoms with Gasteiger partial charge in [-0.2, -0.15) is 10.2 Å². The molecular formula is C38H35Cl3N6O7. The molecule has 0 N–H and O–H groups in total. The number of anilines is 1. The fourth-order valence-corrected chi connectivity index (χ4v) is 6.01. The quantitative estimate of drug-likeness (QED) is 0.118. The second kappa shape index (κ2) is 17.8. The molecule has 1 aliphatic heterocycles. The summed E-state index contributed by atoms with van der Waals surface area (Å²) in [6.45, 7) is 2.96. The van der Waals surface area contributed by atoms with Gasteiger partial charge in [0.25, 0.3) is 0 Å². The van der Waals surface area contributed by atoms with E-state index >= 15 is 0 Å². The summed E-state index contributed by atoms with van der Waals surface area (Å²) in [5.74, 6) is 0.695. The smallest absolute Gasteiger partial charge is 0.438 e. The molecule has 0 radical (unpaired) electrons. The highest BCUT2D eigenvalue weighted by atomic mass is 35.5. The molecule has 3 heterocycles. The summed E-state index contributed by atoms with van der Waals surface area (Å²) in [5.41, 5.74) is 2.85. The van der Waals surface area contributed by atoms with Gasteiger partial charge in [0.1, 0.15) is 37.3 Å². The molecule has 7 rings (SSSR count). The number of hydrogen-bond donors (Lipinski definition) is 0. The maximum Gasteiger partial charge on any atom is 0.438 e. The number of rotatable bonds is 11. The molecule has 0 spiro atoms. The first-order valence-electron chi connectivity index (χ1n) is 16.5. The van der Waals surface area contributed by atoms with E-state index in [0.717, 1.165) is 16.3 Å². The minimum atomic E-state index is -1.02. The molecule has 0 bridgehead atoms. The van der Waals surface area contributed by atoms with Crippen molar-refractivity contribution in [2.24, 2.45) is 0 Å². The Morgan fingerprint density at radius 1 is 0.944 bits per heavy atom. The van der Waals surface area contributed by atoms with E-state index in [1.54, 1.807) is 82.6 Å². The van der Waals surface area contributed by atoms with Crippen LogP contribution >= 0.6 is 34.8 Å². The first kappa shape index (κ1) is 38.6. The third-order valence-corrected chi connectivity index (χ3v) is 8.76. The number of hydrogen-bond acceptors (Lipinski definition) is 10. The van der Waals surface area contributed by atoms with E-state index in [-0.39, 0.29) is 12.7 Å². The third kappa shape index (κ3) is 9.49. The van der Waals surface area contributed by atoms with Crippen molar-refractivity contribution < 1.29 is 33.3 Å². The fourth-order valence-electron chi connectivity index (χ4n) is 5.45. The zero-order valence-corrected chi connectivity index (χ0v) is 31.6. The van der Waals surface area contributed by atoms with E-state index < -0.39 is 11.9 Å². The number of amides is 1. The predicted octanol–water partition coefficient (Wildman–Crippen LogP) is 8.90. The van der Waals surface area contributed by atoms with Crippen LogP contribution in [0.15, 0.2) is 116 Å². The standard InChI is InChI=1S/C19H17Cl2N3O3.C19H18ClN3O4/c1-13-9-25-19(27-13,10-24-12-22-11-23-24)17-7-6-16(8-18(17)21)26-15-4-2-14(20)3-5-15;1-25-19(24)23(26-2)17-6-4-3-5-14(17)13-27-18-11-12-22(21-18)16-9-7-15(20)8-10-16/h2-8,11-13H,9-10H2,1H3;3-12H,13H2,1-2H3. The van der Waals surface area contributed by atoms with Crippen LogP contribution in [0.2, 0.25) is 15.1 Å². The van der Waals surface area contributed by atoms with Gasteiger partial charge in [0.15, 0.2) is 0 Å². The number of benzene rings is 4. The zero-order valence-electron chi connectivity index (χ0n) is 29.3. The summed E-state index contributed by atoms with van der Waals surface area (Å²) in [7, 11) is 2.68. The summed E-state index contributed by atoms with van der Waals surface area (Å²) in [6, 6.07) is 28.8. The van der Waals surface area contributed by atoms with E-state index in [1.165, 1.54) is 20.5 Å². The van der Waals surface area contributed by atoms with E-state index in [1.807, 2.05) is 43.3 Å². The van der Waals surface area contributed by atoms with Gasteiger partial charge in [0, 0.05) is 33.4 Å². The number of aromatic nitrogens is 5. The molecule has 1 amide bonds. The molecule has 13 nitrogen and oxygen atoms in total. The number of para-hydroxylation sites is 1. The number of hydroxylamine groups is 1. The largest absolute Gasteiger partial charge is 0.472 e.